The van der Waals surface area contributed by atoms with E-state index in [-0.39, 0.29) is 5.75 Å². The molecule has 0 heterocycles. The fourth-order valence-electron chi connectivity index (χ4n) is 1.16. The second-order valence-corrected chi connectivity index (χ2v) is 3.19. The first-order valence-corrected chi connectivity index (χ1v) is 4.84. The zero-order valence-electron chi connectivity index (χ0n) is 9.69. The van der Waals surface area contributed by atoms with Crippen LogP contribution in [0.2, 0.25) is 0 Å². The highest BCUT2D eigenvalue weighted by molar-refractivity contribution is 5.85. The first kappa shape index (κ1) is 14.6. The molecule has 0 aromatic heterocycles. The van der Waals surface area contributed by atoms with Crippen molar-refractivity contribution in [1.82, 2.24) is 5.43 Å². The fraction of sp³-hybridized carbons (Fsp3) is 0.200. The van der Waals surface area contributed by atoms with Gasteiger partial charge in [-0.1, -0.05) is 0 Å². The summed E-state index contributed by atoms with van der Waals surface area (Å²) in [4.78, 5) is 10.4. The quantitative estimate of drug-likeness (QED) is 0.647. The number of rotatable bonds is 4. The lowest BCUT2D eigenvalue weighted by Crippen LogP contribution is -2.24. The van der Waals surface area contributed by atoms with Crippen LogP contribution in [0.15, 0.2) is 23.3 Å². The molecule has 6 nitrogen and oxygen atoms in total. The van der Waals surface area contributed by atoms with E-state index < -0.39 is 18.1 Å². The van der Waals surface area contributed by atoms with Crippen LogP contribution in [0, 0.1) is 0 Å². The van der Waals surface area contributed by atoms with Gasteiger partial charge in [-0.15, -0.1) is 13.2 Å². The van der Waals surface area contributed by atoms with E-state index in [4.69, 9.17) is 10.5 Å². The number of nitrogens with one attached hydrogen (secondary N) is 1. The molecule has 1 rings (SSSR count). The van der Waals surface area contributed by atoms with Gasteiger partial charge in [0.2, 0.25) is 0 Å². The van der Waals surface area contributed by atoms with E-state index in [0.29, 0.717) is 5.56 Å². The van der Waals surface area contributed by atoms with Crippen molar-refractivity contribution in [2.75, 3.05) is 7.11 Å². The molecule has 0 spiro atoms. The summed E-state index contributed by atoms with van der Waals surface area (Å²) in [5, 5.41) is 3.46. The fourth-order valence-corrected chi connectivity index (χ4v) is 1.16. The van der Waals surface area contributed by atoms with Crippen LogP contribution >= 0.6 is 0 Å². The number of nitrogens with two attached hydrogens (primary N) is 1. The second-order valence-electron chi connectivity index (χ2n) is 3.19. The van der Waals surface area contributed by atoms with Gasteiger partial charge in [0.05, 0.1) is 13.3 Å². The minimum atomic E-state index is -4.78. The lowest BCUT2D eigenvalue weighted by atomic mass is 10.2. The molecule has 2 amide bonds. The highest BCUT2D eigenvalue weighted by atomic mass is 19.4. The molecule has 0 saturated heterocycles. The van der Waals surface area contributed by atoms with E-state index in [2.05, 4.69) is 9.84 Å². The molecule has 0 aliphatic heterocycles. The first-order valence-electron chi connectivity index (χ1n) is 4.84. The summed E-state index contributed by atoms with van der Waals surface area (Å²) in [5.41, 5.74) is 7.06. The van der Waals surface area contributed by atoms with E-state index in [9.17, 15) is 18.0 Å². The van der Waals surface area contributed by atoms with Crippen LogP contribution in [0.4, 0.5) is 18.0 Å². The Morgan fingerprint density at radius 2 is 2.16 bits per heavy atom. The molecular weight excluding hydrogens is 267 g/mol. The number of carbonyl (C=O) groups is 1. The lowest BCUT2D eigenvalue weighted by Gasteiger charge is -2.11. The van der Waals surface area contributed by atoms with Gasteiger partial charge in [0.1, 0.15) is 11.5 Å². The standard InChI is InChI=1S/C10H10F3N3O3/c1-18-8-4-7(19-10(11,12)13)3-2-6(8)5-15-16-9(14)17/h2-5H,1H3,(H3,14,16,17). The summed E-state index contributed by atoms with van der Waals surface area (Å²) < 4.78 is 44.7. The molecule has 9 heteroatoms. The SMILES string of the molecule is COc1cc(OC(F)(F)F)ccc1C=NNC(N)=O. The number of nitrogens with zero attached hydrogens (tertiary/aromatic N) is 1. The number of amides is 2. The van der Waals surface area contributed by atoms with Crippen LogP contribution in [0.1, 0.15) is 5.56 Å². The molecule has 0 radical (unpaired) electrons. The summed E-state index contributed by atoms with van der Waals surface area (Å²) >= 11 is 0. The Labute approximate surface area is 106 Å². The largest absolute Gasteiger partial charge is 0.573 e. The number of hydrogen-bond donors (Lipinski definition) is 2. The minimum Gasteiger partial charge on any atom is -0.496 e. The van der Waals surface area contributed by atoms with Gasteiger partial charge in [0.15, 0.2) is 0 Å². The van der Waals surface area contributed by atoms with Gasteiger partial charge in [0.25, 0.3) is 0 Å². The van der Waals surface area contributed by atoms with Crippen molar-refractivity contribution in [1.29, 1.82) is 0 Å². The number of hydrazone groups is 1. The van der Waals surface area contributed by atoms with Crippen molar-refractivity contribution < 1.29 is 27.4 Å². The predicted octanol–water partition coefficient (Wildman–Crippen LogP) is 1.60. The molecule has 0 unspecified atom stereocenters. The van der Waals surface area contributed by atoms with Gasteiger partial charge in [-0.25, -0.2) is 10.2 Å². The third kappa shape index (κ3) is 5.15. The minimum absolute atomic E-state index is 0.0942. The van der Waals surface area contributed by atoms with Gasteiger partial charge < -0.3 is 15.2 Å². The number of benzene rings is 1. The highest BCUT2D eigenvalue weighted by Crippen LogP contribution is 2.28. The normalized spacial score (nSPS) is 11.4. The van der Waals surface area contributed by atoms with Crippen LogP contribution in [0.5, 0.6) is 11.5 Å². The average molecular weight is 277 g/mol. The number of halogens is 3. The first-order chi connectivity index (χ1) is 8.81. The maximum Gasteiger partial charge on any atom is 0.573 e. The molecule has 104 valence electrons. The van der Waals surface area contributed by atoms with E-state index in [0.717, 1.165) is 12.1 Å². The third-order valence-electron chi connectivity index (χ3n) is 1.82. The number of methoxy groups -OCH3 is 1. The highest BCUT2D eigenvalue weighted by Gasteiger charge is 2.31. The molecule has 0 saturated carbocycles. The molecule has 0 aliphatic rings. The van der Waals surface area contributed by atoms with Crippen molar-refractivity contribution in [2.24, 2.45) is 10.8 Å². The second kappa shape index (κ2) is 5.94. The van der Waals surface area contributed by atoms with Crippen LogP contribution < -0.4 is 20.6 Å². The number of alkyl halides is 3. The van der Waals surface area contributed by atoms with Crippen LogP contribution in [0.25, 0.3) is 0 Å². The van der Waals surface area contributed by atoms with Crippen molar-refractivity contribution in [2.45, 2.75) is 6.36 Å². The van der Waals surface area contributed by atoms with Gasteiger partial charge in [-0.3, -0.25) is 0 Å². The number of carbonyl (C=O) groups excluding carboxylic acids is 1. The topological polar surface area (TPSA) is 85.9 Å². The predicted molar refractivity (Wildman–Crippen MR) is 60.0 cm³/mol. The molecule has 0 aliphatic carbocycles. The van der Waals surface area contributed by atoms with E-state index in [1.807, 2.05) is 5.43 Å². The Kier molecular flexibility index (Phi) is 4.56. The van der Waals surface area contributed by atoms with Gasteiger partial charge in [-0.05, 0) is 12.1 Å². The van der Waals surface area contributed by atoms with Gasteiger partial charge in [0, 0.05) is 11.6 Å². The van der Waals surface area contributed by atoms with E-state index in [1.165, 1.54) is 19.4 Å². The zero-order chi connectivity index (χ0) is 14.5. The Morgan fingerprint density at radius 1 is 1.47 bits per heavy atom. The van der Waals surface area contributed by atoms with Crippen LogP contribution in [0.3, 0.4) is 0 Å². The molecule has 19 heavy (non-hydrogen) atoms. The monoisotopic (exact) mass is 277 g/mol. The van der Waals surface area contributed by atoms with E-state index in [1.54, 1.807) is 0 Å². The zero-order valence-corrected chi connectivity index (χ0v) is 9.69. The number of ether oxygens (including phenoxy) is 2. The van der Waals surface area contributed by atoms with Crippen molar-refractivity contribution in [3.05, 3.63) is 23.8 Å². The Morgan fingerprint density at radius 3 is 2.68 bits per heavy atom. The summed E-state index contributed by atoms with van der Waals surface area (Å²) in [6.45, 7) is 0. The number of primary amides is 1. The smallest absolute Gasteiger partial charge is 0.496 e. The Balaban J connectivity index is 2.90. The molecule has 1 aromatic carbocycles. The molecule has 0 atom stereocenters. The average Bonchev–Trinajstić information content (AvgIpc) is 2.28. The molecular formula is C10H10F3N3O3. The third-order valence-corrected chi connectivity index (χ3v) is 1.82. The molecule has 0 bridgehead atoms. The van der Waals surface area contributed by atoms with Gasteiger partial charge in [-0.2, -0.15) is 5.10 Å². The maximum absolute atomic E-state index is 12.0. The van der Waals surface area contributed by atoms with Gasteiger partial charge >= 0.3 is 12.4 Å². The number of urea groups is 1. The summed E-state index contributed by atoms with van der Waals surface area (Å²) in [6.07, 6.45) is -3.62. The van der Waals surface area contributed by atoms with Crippen molar-refractivity contribution in [3.8, 4) is 11.5 Å². The maximum atomic E-state index is 12.0. The molecule has 3 N–H and O–H groups in total. The van der Waals surface area contributed by atoms with Crippen molar-refractivity contribution >= 4 is 12.2 Å². The number of hydrogen-bond acceptors (Lipinski definition) is 4. The van der Waals surface area contributed by atoms with Crippen molar-refractivity contribution in [3.63, 3.8) is 0 Å². The summed E-state index contributed by atoms with van der Waals surface area (Å²) in [5.74, 6) is -0.332. The molecule has 0 fully saturated rings. The van der Waals surface area contributed by atoms with Crippen LogP contribution in [-0.4, -0.2) is 25.7 Å². The lowest BCUT2D eigenvalue weighted by molar-refractivity contribution is -0.274. The van der Waals surface area contributed by atoms with E-state index >= 15 is 0 Å². The van der Waals surface area contributed by atoms with Crippen LogP contribution in [-0.2, 0) is 0 Å². The Bertz CT molecular complexity index is 489. The summed E-state index contributed by atoms with van der Waals surface area (Å²) in [7, 11) is 1.27. The summed E-state index contributed by atoms with van der Waals surface area (Å²) in [6, 6.07) is 2.54. The molecule has 1 aromatic rings. The Hall–Kier alpha value is -2.45.